The van der Waals surface area contributed by atoms with E-state index in [1.807, 2.05) is 31.2 Å². The fourth-order valence-electron chi connectivity index (χ4n) is 2.00. The molecule has 2 N–H and O–H groups in total. The van der Waals surface area contributed by atoms with Gasteiger partial charge in [0.25, 0.3) is 0 Å². The molecule has 2 heterocycles. The number of benzene rings is 1. The molecule has 0 bridgehead atoms. The van der Waals surface area contributed by atoms with Crippen molar-refractivity contribution in [3.8, 4) is 17.1 Å². The Morgan fingerprint density at radius 3 is 2.45 bits per heavy atom. The zero-order chi connectivity index (χ0) is 14.1. The van der Waals surface area contributed by atoms with Crippen LogP contribution in [-0.2, 0) is 0 Å². The summed E-state index contributed by atoms with van der Waals surface area (Å²) >= 11 is 0. The molecule has 0 atom stereocenters. The van der Waals surface area contributed by atoms with Crippen molar-refractivity contribution in [2.24, 2.45) is 0 Å². The van der Waals surface area contributed by atoms with E-state index >= 15 is 0 Å². The monoisotopic (exact) mass is 265 g/mol. The first-order valence-electron chi connectivity index (χ1n) is 6.35. The predicted molar refractivity (Wildman–Crippen MR) is 78.5 cm³/mol. The van der Waals surface area contributed by atoms with Crippen LogP contribution in [0.2, 0.25) is 0 Å². The molecule has 0 radical (unpaired) electrons. The Kier molecular flexibility index (Phi) is 2.95. The van der Waals surface area contributed by atoms with Crippen molar-refractivity contribution in [2.45, 2.75) is 13.8 Å². The molecule has 100 valence electrons. The lowest BCUT2D eigenvalue weighted by atomic mass is 10.1. The molecule has 0 saturated heterocycles. The van der Waals surface area contributed by atoms with Crippen molar-refractivity contribution in [3.63, 3.8) is 0 Å². The lowest BCUT2D eigenvalue weighted by Gasteiger charge is -2.02. The van der Waals surface area contributed by atoms with Crippen LogP contribution in [0.1, 0.15) is 11.3 Å². The van der Waals surface area contributed by atoms with Gasteiger partial charge < -0.3 is 5.73 Å². The highest BCUT2D eigenvalue weighted by Crippen LogP contribution is 2.22. The summed E-state index contributed by atoms with van der Waals surface area (Å²) in [6, 6.07) is 11.9. The molecule has 3 rings (SSSR count). The van der Waals surface area contributed by atoms with Crippen molar-refractivity contribution in [3.05, 3.63) is 54.0 Å². The van der Waals surface area contributed by atoms with Gasteiger partial charge in [0.05, 0.1) is 5.69 Å². The Hall–Kier alpha value is -2.69. The van der Waals surface area contributed by atoms with E-state index in [0.717, 1.165) is 17.0 Å². The summed E-state index contributed by atoms with van der Waals surface area (Å²) in [7, 11) is 0. The third-order valence-electron chi connectivity index (χ3n) is 3.09. The Morgan fingerprint density at radius 1 is 1.00 bits per heavy atom. The van der Waals surface area contributed by atoms with E-state index in [4.69, 9.17) is 5.73 Å². The average molecular weight is 265 g/mol. The van der Waals surface area contributed by atoms with Gasteiger partial charge in [0.15, 0.2) is 5.82 Å². The molecule has 0 amide bonds. The van der Waals surface area contributed by atoms with Gasteiger partial charge in [-0.25, -0.2) is 9.97 Å². The lowest BCUT2D eigenvalue weighted by Crippen LogP contribution is -2.04. The Morgan fingerprint density at radius 2 is 1.75 bits per heavy atom. The van der Waals surface area contributed by atoms with Crippen LogP contribution in [0.25, 0.3) is 17.1 Å². The summed E-state index contributed by atoms with van der Waals surface area (Å²) < 4.78 is 1.63. The Bertz CT molecular complexity index is 743. The molecule has 0 unspecified atom stereocenters. The van der Waals surface area contributed by atoms with Crippen LogP contribution in [0.3, 0.4) is 0 Å². The van der Waals surface area contributed by atoms with Crippen molar-refractivity contribution >= 4 is 5.82 Å². The van der Waals surface area contributed by atoms with Crippen molar-refractivity contribution in [1.82, 2.24) is 19.7 Å². The molecule has 1 aromatic carbocycles. The summed E-state index contributed by atoms with van der Waals surface area (Å²) in [6.07, 6.45) is 1.51. The second kappa shape index (κ2) is 4.77. The lowest BCUT2D eigenvalue weighted by molar-refractivity contribution is 0.847. The first kappa shape index (κ1) is 12.3. The minimum atomic E-state index is 0.554. The van der Waals surface area contributed by atoms with Gasteiger partial charge >= 0.3 is 0 Å². The summed E-state index contributed by atoms with van der Waals surface area (Å²) in [5.41, 5.74) is 9.99. The van der Waals surface area contributed by atoms with Crippen LogP contribution in [0.4, 0.5) is 5.82 Å². The molecule has 0 aliphatic carbocycles. The number of hydrogen-bond acceptors (Lipinski definition) is 4. The maximum absolute atomic E-state index is 6.03. The number of anilines is 1. The number of aryl methyl sites for hydroxylation is 2. The maximum atomic E-state index is 6.03. The molecule has 0 fully saturated rings. The number of aromatic nitrogens is 4. The summed E-state index contributed by atoms with van der Waals surface area (Å²) in [4.78, 5) is 8.28. The van der Waals surface area contributed by atoms with Crippen LogP contribution in [-0.4, -0.2) is 19.7 Å². The molecule has 2 aromatic heterocycles. The first-order chi connectivity index (χ1) is 9.63. The van der Waals surface area contributed by atoms with Crippen LogP contribution < -0.4 is 5.73 Å². The standard InChI is InChI=1S/C15H15N5/c1-10-3-5-12(6-4-10)13-8-14(16)20(19-13)15-7-11(2)17-9-18-15/h3-9H,16H2,1-2H3. The van der Waals surface area contributed by atoms with E-state index in [1.54, 1.807) is 4.68 Å². The number of hydrogen-bond donors (Lipinski definition) is 1. The van der Waals surface area contributed by atoms with Gasteiger partial charge in [-0.15, -0.1) is 0 Å². The smallest absolute Gasteiger partial charge is 0.159 e. The van der Waals surface area contributed by atoms with Gasteiger partial charge in [-0.2, -0.15) is 9.78 Å². The molecule has 0 aliphatic heterocycles. The van der Waals surface area contributed by atoms with Crippen molar-refractivity contribution < 1.29 is 0 Å². The van der Waals surface area contributed by atoms with Crippen LogP contribution in [0, 0.1) is 13.8 Å². The third-order valence-corrected chi connectivity index (χ3v) is 3.09. The minimum Gasteiger partial charge on any atom is -0.384 e. The van der Waals surface area contributed by atoms with Crippen LogP contribution in [0.15, 0.2) is 42.7 Å². The number of nitrogens with two attached hydrogens (primary N) is 1. The van der Waals surface area contributed by atoms with Crippen LogP contribution in [0.5, 0.6) is 0 Å². The van der Waals surface area contributed by atoms with Crippen molar-refractivity contribution in [2.75, 3.05) is 5.73 Å². The summed E-state index contributed by atoms with van der Waals surface area (Å²) in [6.45, 7) is 3.96. The highest BCUT2D eigenvalue weighted by atomic mass is 15.3. The molecule has 0 spiro atoms. The number of nitrogens with zero attached hydrogens (tertiary/aromatic N) is 4. The van der Waals surface area contributed by atoms with Gasteiger partial charge in [-0.1, -0.05) is 29.8 Å². The predicted octanol–water partition coefficient (Wildman–Crippen LogP) is 2.53. The summed E-state index contributed by atoms with van der Waals surface area (Å²) in [5.74, 6) is 1.23. The zero-order valence-corrected chi connectivity index (χ0v) is 11.4. The second-order valence-corrected chi connectivity index (χ2v) is 4.75. The highest BCUT2D eigenvalue weighted by molar-refractivity contribution is 5.63. The molecule has 20 heavy (non-hydrogen) atoms. The fraction of sp³-hybridized carbons (Fsp3) is 0.133. The van der Waals surface area contributed by atoms with Crippen LogP contribution >= 0.6 is 0 Å². The molecular weight excluding hydrogens is 250 g/mol. The topological polar surface area (TPSA) is 69.6 Å². The van der Waals surface area contributed by atoms with E-state index in [2.05, 4.69) is 34.1 Å². The second-order valence-electron chi connectivity index (χ2n) is 4.75. The third kappa shape index (κ3) is 2.25. The Labute approximate surface area is 117 Å². The van der Waals surface area contributed by atoms with Crippen molar-refractivity contribution in [1.29, 1.82) is 0 Å². The molecule has 3 aromatic rings. The molecule has 0 saturated carbocycles. The van der Waals surface area contributed by atoms with E-state index in [0.29, 0.717) is 11.6 Å². The van der Waals surface area contributed by atoms with Gasteiger partial charge in [-0.05, 0) is 13.8 Å². The average Bonchev–Trinajstić information content (AvgIpc) is 2.82. The minimum absolute atomic E-state index is 0.554. The number of rotatable bonds is 2. The first-order valence-corrected chi connectivity index (χ1v) is 6.35. The van der Waals surface area contributed by atoms with E-state index in [9.17, 15) is 0 Å². The van der Waals surface area contributed by atoms with Gasteiger partial charge in [-0.3, -0.25) is 0 Å². The summed E-state index contributed by atoms with van der Waals surface area (Å²) in [5, 5.41) is 4.52. The van der Waals surface area contributed by atoms with E-state index < -0.39 is 0 Å². The quantitative estimate of drug-likeness (QED) is 0.773. The fourth-order valence-corrected chi connectivity index (χ4v) is 2.00. The van der Waals surface area contributed by atoms with E-state index in [-0.39, 0.29) is 0 Å². The Balaban J connectivity index is 2.05. The van der Waals surface area contributed by atoms with Gasteiger partial charge in [0.2, 0.25) is 0 Å². The largest absolute Gasteiger partial charge is 0.384 e. The highest BCUT2D eigenvalue weighted by Gasteiger charge is 2.09. The molecule has 0 aliphatic rings. The van der Waals surface area contributed by atoms with Gasteiger partial charge in [0.1, 0.15) is 12.1 Å². The maximum Gasteiger partial charge on any atom is 0.159 e. The molecule has 5 nitrogen and oxygen atoms in total. The van der Waals surface area contributed by atoms with Gasteiger partial charge in [0, 0.05) is 23.4 Å². The normalized spacial score (nSPS) is 10.7. The molecule has 5 heteroatoms. The van der Waals surface area contributed by atoms with E-state index in [1.165, 1.54) is 11.9 Å². The number of nitrogen functional groups attached to an aromatic ring is 1. The zero-order valence-electron chi connectivity index (χ0n) is 11.4. The molecular formula is C15H15N5. The SMILES string of the molecule is Cc1ccc(-c2cc(N)n(-c3cc(C)ncn3)n2)cc1.